The zero-order valence-electron chi connectivity index (χ0n) is 10.00. The van der Waals surface area contributed by atoms with Gasteiger partial charge in [-0.3, -0.25) is 0 Å². The summed E-state index contributed by atoms with van der Waals surface area (Å²) < 4.78 is 32.8. The minimum Gasteiger partial charge on any atom is -0.486 e. The predicted molar refractivity (Wildman–Crippen MR) is 72.7 cm³/mol. The third kappa shape index (κ3) is 3.52. The van der Waals surface area contributed by atoms with Crippen LogP contribution in [0.1, 0.15) is 11.1 Å². The van der Waals surface area contributed by atoms with Crippen LogP contribution in [0.15, 0.2) is 40.9 Å². The van der Waals surface area contributed by atoms with E-state index in [0.29, 0.717) is 5.56 Å². The third-order valence-corrected chi connectivity index (χ3v) is 3.11. The predicted octanol–water partition coefficient (Wildman–Crippen LogP) is 3.77. The highest BCUT2D eigenvalue weighted by atomic mass is 79.9. The van der Waals surface area contributed by atoms with Gasteiger partial charge in [-0.2, -0.15) is 0 Å². The fraction of sp³-hybridized carbons (Fsp3) is 0.143. The highest BCUT2D eigenvalue weighted by Crippen LogP contribution is 2.23. The van der Waals surface area contributed by atoms with Crippen molar-refractivity contribution in [1.82, 2.24) is 0 Å². The summed E-state index contributed by atoms with van der Waals surface area (Å²) in [5.41, 5.74) is 6.57. The molecule has 0 amide bonds. The van der Waals surface area contributed by atoms with E-state index in [1.807, 2.05) is 0 Å². The van der Waals surface area contributed by atoms with Crippen molar-refractivity contribution >= 4 is 15.9 Å². The van der Waals surface area contributed by atoms with Crippen molar-refractivity contribution in [2.75, 3.05) is 0 Å². The van der Waals surface area contributed by atoms with E-state index in [-0.39, 0.29) is 24.7 Å². The standard InChI is InChI=1S/C14H12BrF2NO/c15-11-2-4-13(17)14(6-11)19-8-9-1-3-12(16)10(5-9)7-18/h1-6H,7-8,18H2. The maximum atomic E-state index is 13.5. The number of hydrogen-bond donors (Lipinski definition) is 1. The summed E-state index contributed by atoms with van der Waals surface area (Å²) in [5, 5.41) is 0. The van der Waals surface area contributed by atoms with Crippen molar-refractivity contribution in [2.24, 2.45) is 5.73 Å². The summed E-state index contributed by atoms with van der Waals surface area (Å²) in [6.45, 7) is 0.269. The number of ether oxygens (including phenoxy) is 1. The van der Waals surface area contributed by atoms with Crippen LogP contribution in [-0.4, -0.2) is 0 Å². The summed E-state index contributed by atoms with van der Waals surface area (Å²) in [7, 11) is 0. The topological polar surface area (TPSA) is 35.2 Å². The van der Waals surface area contributed by atoms with Crippen molar-refractivity contribution in [3.8, 4) is 5.75 Å². The van der Waals surface area contributed by atoms with Crippen LogP contribution in [0.25, 0.3) is 0 Å². The van der Waals surface area contributed by atoms with Crippen molar-refractivity contribution in [3.63, 3.8) is 0 Å². The fourth-order valence-electron chi connectivity index (χ4n) is 1.62. The Bertz CT molecular complexity index is 590. The normalized spacial score (nSPS) is 10.5. The average molecular weight is 328 g/mol. The van der Waals surface area contributed by atoms with Crippen LogP contribution < -0.4 is 10.5 Å². The summed E-state index contributed by atoms with van der Waals surface area (Å²) in [6, 6.07) is 8.98. The van der Waals surface area contributed by atoms with Gasteiger partial charge in [0.25, 0.3) is 0 Å². The molecule has 5 heteroatoms. The van der Waals surface area contributed by atoms with Gasteiger partial charge in [-0.05, 0) is 35.9 Å². The van der Waals surface area contributed by atoms with Crippen molar-refractivity contribution in [1.29, 1.82) is 0 Å². The molecule has 2 N–H and O–H groups in total. The first-order chi connectivity index (χ1) is 9.10. The summed E-state index contributed by atoms with van der Waals surface area (Å²) >= 11 is 3.24. The number of nitrogens with two attached hydrogens (primary N) is 1. The smallest absolute Gasteiger partial charge is 0.165 e. The Morgan fingerprint density at radius 2 is 1.79 bits per heavy atom. The van der Waals surface area contributed by atoms with Gasteiger partial charge < -0.3 is 10.5 Å². The van der Waals surface area contributed by atoms with Crippen LogP contribution in [0, 0.1) is 11.6 Å². The van der Waals surface area contributed by atoms with E-state index in [0.717, 1.165) is 10.0 Å². The molecule has 0 aromatic heterocycles. The maximum absolute atomic E-state index is 13.5. The van der Waals surface area contributed by atoms with Crippen LogP contribution in [0.2, 0.25) is 0 Å². The summed E-state index contributed by atoms with van der Waals surface area (Å²) in [5.74, 6) is -0.641. The zero-order chi connectivity index (χ0) is 13.8. The molecule has 0 saturated carbocycles. The van der Waals surface area contributed by atoms with E-state index in [1.54, 1.807) is 24.3 Å². The SMILES string of the molecule is NCc1cc(COc2cc(Br)ccc2F)ccc1F. The molecule has 19 heavy (non-hydrogen) atoms. The van der Waals surface area contributed by atoms with Crippen LogP contribution in [0.3, 0.4) is 0 Å². The number of benzene rings is 2. The van der Waals surface area contributed by atoms with Gasteiger partial charge >= 0.3 is 0 Å². The lowest BCUT2D eigenvalue weighted by Gasteiger charge is -2.09. The van der Waals surface area contributed by atoms with Crippen LogP contribution >= 0.6 is 15.9 Å². The highest BCUT2D eigenvalue weighted by molar-refractivity contribution is 9.10. The molecule has 2 aromatic rings. The Labute approximate surface area is 118 Å². The molecule has 2 aromatic carbocycles. The second kappa shape index (κ2) is 6.12. The number of hydrogen-bond acceptors (Lipinski definition) is 2. The van der Waals surface area contributed by atoms with Crippen LogP contribution in [0.4, 0.5) is 8.78 Å². The van der Waals surface area contributed by atoms with Gasteiger partial charge in [0.15, 0.2) is 11.6 Å². The van der Waals surface area contributed by atoms with E-state index < -0.39 is 5.82 Å². The quantitative estimate of drug-likeness (QED) is 0.927. The molecule has 0 unspecified atom stereocenters. The zero-order valence-corrected chi connectivity index (χ0v) is 11.6. The molecule has 0 saturated heterocycles. The van der Waals surface area contributed by atoms with Gasteiger partial charge in [0.2, 0.25) is 0 Å². The molecule has 0 aliphatic heterocycles. The lowest BCUT2D eigenvalue weighted by atomic mass is 10.1. The van der Waals surface area contributed by atoms with Crippen molar-refractivity contribution in [3.05, 3.63) is 63.6 Å². The molecule has 0 fully saturated rings. The van der Waals surface area contributed by atoms with Gasteiger partial charge in [0.1, 0.15) is 12.4 Å². The molecular formula is C14H12BrF2NO. The van der Waals surface area contributed by atoms with Gasteiger partial charge in [-0.25, -0.2) is 8.78 Å². The lowest BCUT2D eigenvalue weighted by molar-refractivity contribution is 0.290. The summed E-state index contributed by atoms with van der Waals surface area (Å²) in [6.07, 6.45) is 0. The molecule has 0 radical (unpaired) electrons. The molecule has 0 aliphatic rings. The summed E-state index contributed by atoms with van der Waals surface area (Å²) in [4.78, 5) is 0. The fourth-order valence-corrected chi connectivity index (χ4v) is 1.96. The van der Waals surface area contributed by atoms with E-state index in [4.69, 9.17) is 10.5 Å². The second-order valence-corrected chi connectivity index (χ2v) is 4.91. The minimum absolute atomic E-state index is 0.116. The van der Waals surface area contributed by atoms with Gasteiger partial charge in [-0.1, -0.05) is 22.0 Å². The molecule has 0 atom stereocenters. The highest BCUT2D eigenvalue weighted by Gasteiger charge is 2.06. The van der Waals surface area contributed by atoms with Crippen molar-refractivity contribution in [2.45, 2.75) is 13.2 Å². The first kappa shape index (κ1) is 14.0. The Balaban J connectivity index is 2.12. The molecular weight excluding hydrogens is 316 g/mol. The minimum atomic E-state index is -0.440. The van der Waals surface area contributed by atoms with E-state index in [2.05, 4.69) is 15.9 Å². The first-order valence-electron chi connectivity index (χ1n) is 5.65. The first-order valence-corrected chi connectivity index (χ1v) is 6.44. The average Bonchev–Trinajstić information content (AvgIpc) is 2.41. The molecule has 100 valence electrons. The van der Waals surface area contributed by atoms with E-state index in [9.17, 15) is 8.78 Å². The Kier molecular flexibility index (Phi) is 4.50. The van der Waals surface area contributed by atoms with E-state index in [1.165, 1.54) is 12.1 Å². The maximum Gasteiger partial charge on any atom is 0.165 e. The van der Waals surface area contributed by atoms with Gasteiger partial charge in [0, 0.05) is 16.6 Å². The Morgan fingerprint density at radius 1 is 1.05 bits per heavy atom. The Hall–Kier alpha value is -1.46. The van der Waals surface area contributed by atoms with Crippen LogP contribution in [-0.2, 0) is 13.2 Å². The monoisotopic (exact) mass is 327 g/mol. The van der Waals surface area contributed by atoms with Crippen molar-refractivity contribution < 1.29 is 13.5 Å². The molecule has 0 heterocycles. The third-order valence-electron chi connectivity index (χ3n) is 2.62. The van der Waals surface area contributed by atoms with Gasteiger partial charge in [-0.15, -0.1) is 0 Å². The largest absolute Gasteiger partial charge is 0.486 e. The molecule has 0 spiro atoms. The molecule has 0 bridgehead atoms. The molecule has 0 aliphatic carbocycles. The molecule has 2 nitrogen and oxygen atoms in total. The van der Waals surface area contributed by atoms with Gasteiger partial charge in [0.05, 0.1) is 0 Å². The van der Waals surface area contributed by atoms with Crippen LogP contribution in [0.5, 0.6) is 5.75 Å². The number of rotatable bonds is 4. The van der Waals surface area contributed by atoms with E-state index >= 15 is 0 Å². The lowest BCUT2D eigenvalue weighted by Crippen LogP contribution is -2.03. The second-order valence-electron chi connectivity index (χ2n) is 3.99. The Morgan fingerprint density at radius 3 is 2.53 bits per heavy atom. The molecule has 2 rings (SSSR count). The number of halogens is 3.